The highest BCUT2D eigenvalue weighted by atomic mass is 16.4. The fraction of sp³-hybridized carbons (Fsp3) is 0.438. The topological polar surface area (TPSA) is 95.5 Å². The van der Waals surface area contributed by atoms with E-state index in [4.69, 9.17) is 5.11 Å². The first-order chi connectivity index (χ1) is 10.4. The van der Waals surface area contributed by atoms with Gasteiger partial charge in [-0.1, -0.05) is 50.6 Å². The minimum Gasteiger partial charge on any atom is -0.480 e. The highest BCUT2D eigenvalue weighted by molar-refractivity contribution is 5.88. The van der Waals surface area contributed by atoms with Crippen molar-refractivity contribution in [1.29, 1.82) is 0 Å². The maximum absolute atomic E-state index is 11.7. The number of amides is 2. The first kappa shape index (κ1) is 17.7. The Balaban J connectivity index is 2.41. The summed E-state index contributed by atoms with van der Waals surface area (Å²) in [4.78, 5) is 34.6. The first-order valence-electron chi connectivity index (χ1n) is 7.26. The maximum atomic E-state index is 11.7. The van der Waals surface area contributed by atoms with E-state index in [1.54, 1.807) is 6.92 Å². The Labute approximate surface area is 129 Å². The van der Waals surface area contributed by atoms with Crippen molar-refractivity contribution in [2.24, 2.45) is 5.92 Å². The minimum absolute atomic E-state index is 0.179. The molecule has 0 aliphatic carbocycles. The largest absolute Gasteiger partial charge is 0.480 e. The van der Waals surface area contributed by atoms with E-state index in [1.807, 2.05) is 37.3 Å². The van der Waals surface area contributed by atoms with Gasteiger partial charge in [-0.25, -0.2) is 4.79 Å². The van der Waals surface area contributed by atoms with Crippen LogP contribution in [0.4, 0.5) is 0 Å². The molecule has 2 atom stereocenters. The van der Waals surface area contributed by atoms with Gasteiger partial charge < -0.3 is 15.7 Å². The fourth-order valence-electron chi connectivity index (χ4n) is 1.93. The molecule has 2 unspecified atom stereocenters. The van der Waals surface area contributed by atoms with Crippen molar-refractivity contribution in [2.45, 2.75) is 32.7 Å². The smallest absolute Gasteiger partial charge is 0.326 e. The molecule has 1 aromatic rings. The monoisotopic (exact) mass is 306 g/mol. The summed E-state index contributed by atoms with van der Waals surface area (Å²) in [6.07, 6.45) is 0.819. The number of carbonyl (C=O) groups excluding carboxylic acids is 2. The van der Waals surface area contributed by atoms with Crippen LogP contribution < -0.4 is 10.6 Å². The second-order valence-electron chi connectivity index (χ2n) is 5.21. The van der Waals surface area contributed by atoms with Crippen molar-refractivity contribution < 1.29 is 19.5 Å². The van der Waals surface area contributed by atoms with Crippen molar-refractivity contribution in [3.05, 3.63) is 35.9 Å². The number of hydrogen-bond donors (Lipinski definition) is 3. The Morgan fingerprint density at radius 3 is 2.32 bits per heavy atom. The van der Waals surface area contributed by atoms with Gasteiger partial charge in [-0.3, -0.25) is 9.59 Å². The summed E-state index contributed by atoms with van der Waals surface area (Å²) in [5.74, 6) is -2.04. The lowest BCUT2D eigenvalue weighted by Crippen LogP contribution is -2.48. The van der Waals surface area contributed by atoms with E-state index in [0.717, 1.165) is 5.56 Å². The van der Waals surface area contributed by atoms with Gasteiger partial charge in [0.1, 0.15) is 6.04 Å². The van der Waals surface area contributed by atoms with Gasteiger partial charge >= 0.3 is 5.97 Å². The maximum Gasteiger partial charge on any atom is 0.326 e. The molecule has 2 amide bonds. The van der Waals surface area contributed by atoms with E-state index < -0.39 is 17.9 Å². The van der Waals surface area contributed by atoms with Crippen LogP contribution >= 0.6 is 0 Å². The molecule has 0 radical (unpaired) electrons. The molecule has 0 aromatic heterocycles. The second kappa shape index (κ2) is 8.81. The molecule has 0 aliphatic heterocycles. The summed E-state index contributed by atoms with van der Waals surface area (Å²) in [6, 6.07) is 8.23. The van der Waals surface area contributed by atoms with Gasteiger partial charge in [-0.15, -0.1) is 0 Å². The Morgan fingerprint density at radius 2 is 1.77 bits per heavy atom. The molecule has 0 saturated carbocycles. The molecule has 6 heteroatoms. The number of rotatable bonds is 8. The Morgan fingerprint density at radius 1 is 1.14 bits per heavy atom. The second-order valence-corrected chi connectivity index (χ2v) is 5.21. The van der Waals surface area contributed by atoms with Crippen LogP contribution in [0.15, 0.2) is 30.3 Å². The van der Waals surface area contributed by atoms with E-state index in [1.165, 1.54) is 0 Å². The number of benzene rings is 1. The summed E-state index contributed by atoms with van der Waals surface area (Å²) in [6.45, 7) is 3.38. The van der Waals surface area contributed by atoms with E-state index in [0.29, 0.717) is 6.42 Å². The van der Waals surface area contributed by atoms with E-state index >= 15 is 0 Å². The molecule has 120 valence electrons. The van der Waals surface area contributed by atoms with Crippen molar-refractivity contribution >= 4 is 17.8 Å². The lowest BCUT2D eigenvalue weighted by molar-refractivity contribution is -0.143. The lowest BCUT2D eigenvalue weighted by Gasteiger charge is -2.20. The summed E-state index contributed by atoms with van der Waals surface area (Å²) >= 11 is 0. The number of carbonyl (C=O) groups is 3. The SMILES string of the molecule is CCC(C)C(NC(=O)CNC(=O)Cc1ccccc1)C(=O)O. The zero-order chi connectivity index (χ0) is 16.5. The Kier molecular flexibility index (Phi) is 7.08. The van der Waals surface area contributed by atoms with Crippen LogP contribution in [0, 0.1) is 5.92 Å². The highest BCUT2D eigenvalue weighted by Crippen LogP contribution is 2.07. The minimum atomic E-state index is -1.07. The van der Waals surface area contributed by atoms with Crippen molar-refractivity contribution in [2.75, 3.05) is 6.54 Å². The van der Waals surface area contributed by atoms with Crippen LogP contribution in [-0.2, 0) is 20.8 Å². The normalized spacial score (nSPS) is 13.0. The zero-order valence-corrected chi connectivity index (χ0v) is 12.8. The standard InChI is InChI=1S/C16H22N2O4/c1-3-11(2)15(16(21)22)18-14(20)10-17-13(19)9-12-7-5-4-6-8-12/h4-8,11,15H,3,9-10H2,1-2H3,(H,17,19)(H,18,20)(H,21,22). The zero-order valence-electron chi connectivity index (χ0n) is 12.8. The number of aliphatic carboxylic acids is 1. The van der Waals surface area contributed by atoms with Crippen LogP contribution in [0.3, 0.4) is 0 Å². The number of hydrogen-bond acceptors (Lipinski definition) is 3. The van der Waals surface area contributed by atoms with Gasteiger partial charge in [-0.2, -0.15) is 0 Å². The van der Waals surface area contributed by atoms with Crippen LogP contribution in [0.25, 0.3) is 0 Å². The summed E-state index contributed by atoms with van der Waals surface area (Å²) in [7, 11) is 0. The average Bonchev–Trinajstić information content (AvgIpc) is 2.50. The van der Waals surface area contributed by atoms with Crippen LogP contribution in [0.2, 0.25) is 0 Å². The van der Waals surface area contributed by atoms with E-state index in [9.17, 15) is 14.4 Å². The van der Waals surface area contributed by atoms with Crippen LogP contribution in [0.5, 0.6) is 0 Å². The molecular weight excluding hydrogens is 284 g/mol. The number of carboxylic acids is 1. The summed E-state index contributed by atoms with van der Waals surface area (Å²) in [5.41, 5.74) is 0.850. The van der Waals surface area contributed by atoms with Crippen LogP contribution in [-0.4, -0.2) is 35.5 Å². The van der Waals surface area contributed by atoms with E-state index in [2.05, 4.69) is 10.6 Å². The molecule has 0 spiro atoms. The van der Waals surface area contributed by atoms with E-state index in [-0.39, 0.29) is 24.8 Å². The van der Waals surface area contributed by atoms with Gasteiger partial charge in [-0.05, 0) is 11.5 Å². The Bertz CT molecular complexity index is 516. The first-order valence-corrected chi connectivity index (χ1v) is 7.26. The number of nitrogens with one attached hydrogen (secondary N) is 2. The third-order valence-corrected chi connectivity index (χ3v) is 3.45. The third-order valence-electron chi connectivity index (χ3n) is 3.45. The van der Waals surface area contributed by atoms with Crippen molar-refractivity contribution in [1.82, 2.24) is 10.6 Å². The molecule has 6 nitrogen and oxygen atoms in total. The fourth-order valence-corrected chi connectivity index (χ4v) is 1.93. The third kappa shape index (κ3) is 5.95. The molecule has 1 aromatic carbocycles. The van der Waals surface area contributed by atoms with Crippen molar-refractivity contribution in [3.8, 4) is 0 Å². The molecule has 3 N–H and O–H groups in total. The van der Waals surface area contributed by atoms with Crippen LogP contribution in [0.1, 0.15) is 25.8 Å². The molecule has 0 saturated heterocycles. The molecule has 0 aliphatic rings. The quantitative estimate of drug-likeness (QED) is 0.666. The van der Waals surface area contributed by atoms with Gasteiger partial charge in [0.05, 0.1) is 13.0 Å². The average molecular weight is 306 g/mol. The predicted octanol–water partition coefficient (Wildman–Crippen LogP) is 0.961. The molecule has 1 rings (SSSR count). The predicted molar refractivity (Wildman–Crippen MR) is 82.2 cm³/mol. The molecular formula is C16H22N2O4. The van der Waals surface area contributed by atoms with Gasteiger partial charge in [0.25, 0.3) is 0 Å². The van der Waals surface area contributed by atoms with Gasteiger partial charge in [0.2, 0.25) is 11.8 Å². The molecule has 0 fully saturated rings. The summed E-state index contributed by atoms with van der Waals surface area (Å²) < 4.78 is 0. The molecule has 0 heterocycles. The summed E-state index contributed by atoms with van der Waals surface area (Å²) in [5, 5.41) is 14.0. The highest BCUT2D eigenvalue weighted by Gasteiger charge is 2.25. The Hall–Kier alpha value is -2.37. The molecule has 0 bridgehead atoms. The van der Waals surface area contributed by atoms with Gasteiger partial charge in [0.15, 0.2) is 0 Å². The number of carboxylic acid groups (broad SMARTS) is 1. The van der Waals surface area contributed by atoms with Crippen molar-refractivity contribution in [3.63, 3.8) is 0 Å². The lowest BCUT2D eigenvalue weighted by atomic mass is 9.99. The molecule has 22 heavy (non-hydrogen) atoms. The van der Waals surface area contributed by atoms with Gasteiger partial charge in [0, 0.05) is 0 Å².